The van der Waals surface area contributed by atoms with Gasteiger partial charge in [0.1, 0.15) is 6.04 Å². The Labute approximate surface area is 125 Å². The van der Waals surface area contributed by atoms with Gasteiger partial charge in [0, 0.05) is 23.5 Å². The van der Waals surface area contributed by atoms with Gasteiger partial charge in [0.25, 0.3) is 5.91 Å². The molecule has 0 saturated carbocycles. The molecule has 0 aromatic rings. The number of nitrogens with two attached hydrogens (primary N) is 1. The second-order valence-corrected chi connectivity index (χ2v) is 5.81. The third-order valence-electron chi connectivity index (χ3n) is 2.90. The van der Waals surface area contributed by atoms with Crippen LogP contribution in [0.5, 0.6) is 0 Å². The van der Waals surface area contributed by atoms with Crippen molar-refractivity contribution in [2.45, 2.75) is 13.0 Å². The summed E-state index contributed by atoms with van der Waals surface area (Å²) in [6.45, 7) is 0.889. The molecular formula is C11H14N3O7P. The van der Waals surface area contributed by atoms with Crippen molar-refractivity contribution in [3.05, 3.63) is 23.5 Å². The summed E-state index contributed by atoms with van der Waals surface area (Å²) in [5.41, 5.74) is 5.74. The van der Waals surface area contributed by atoms with Gasteiger partial charge in [-0.15, -0.1) is 0 Å². The molecule has 1 fully saturated rings. The first-order valence-electron chi connectivity index (χ1n) is 6.11. The van der Waals surface area contributed by atoms with Crippen molar-refractivity contribution in [1.29, 1.82) is 0 Å². The molecule has 1 atom stereocenters. The number of rotatable bonds is 4. The highest BCUT2D eigenvalue weighted by Gasteiger charge is 2.32. The first kappa shape index (κ1) is 16.7. The summed E-state index contributed by atoms with van der Waals surface area (Å²) in [5.74, 6) is -1.04. The zero-order valence-electron chi connectivity index (χ0n) is 11.5. The van der Waals surface area contributed by atoms with Gasteiger partial charge in [-0.2, -0.15) is 5.06 Å². The van der Waals surface area contributed by atoms with Gasteiger partial charge in [-0.05, 0) is 6.92 Å². The average Bonchev–Trinajstić information content (AvgIpc) is 2.74. The van der Waals surface area contributed by atoms with Crippen molar-refractivity contribution in [3.8, 4) is 0 Å². The lowest BCUT2D eigenvalue weighted by molar-refractivity contribution is -0.149. The van der Waals surface area contributed by atoms with Crippen LogP contribution in [0, 0.1) is 0 Å². The molecule has 120 valence electrons. The highest BCUT2D eigenvalue weighted by molar-refractivity contribution is 7.46. The summed E-state index contributed by atoms with van der Waals surface area (Å²) in [7, 11) is -4.71. The van der Waals surface area contributed by atoms with Gasteiger partial charge in [0.05, 0.1) is 18.9 Å². The van der Waals surface area contributed by atoms with Crippen molar-refractivity contribution < 1.29 is 33.3 Å². The predicted octanol–water partition coefficient (Wildman–Crippen LogP) is -0.992. The number of hydrogen-bond acceptors (Lipinski definition) is 7. The maximum Gasteiger partial charge on any atom is 0.469 e. The molecule has 0 aliphatic carbocycles. The Balaban J connectivity index is 2.27. The van der Waals surface area contributed by atoms with E-state index in [2.05, 4.69) is 9.52 Å². The van der Waals surface area contributed by atoms with Crippen LogP contribution in [0.15, 0.2) is 28.5 Å². The van der Waals surface area contributed by atoms with Crippen LogP contribution in [-0.2, 0) is 23.5 Å². The van der Waals surface area contributed by atoms with Gasteiger partial charge >= 0.3 is 7.82 Å². The number of carbonyl (C=O) groups is 2. The lowest BCUT2D eigenvalue weighted by atomic mass is 9.99. The van der Waals surface area contributed by atoms with Crippen molar-refractivity contribution in [1.82, 2.24) is 5.06 Å². The molecule has 22 heavy (non-hydrogen) atoms. The van der Waals surface area contributed by atoms with Gasteiger partial charge in [-0.3, -0.25) is 23.9 Å². The van der Waals surface area contributed by atoms with Crippen LogP contribution in [0.25, 0.3) is 0 Å². The third-order valence-corrected chi connectivity index (χ3v) is 3.36. The van der Waals surface area contributed by atoms with Gasteiger partial charge in [0.15, 0.2) is 0 Å². The van der Waals surface area contributed by atoms with E-state index in [-0.39, 0.29) is 23.5 Å². The molecule has 0 aromatic heterocycles. The molecule has 0 spiro atoms. The van der Waals surface area contributed by atoms with Crippen LogP contribution in [0.4, 0.5) is 0 Å². The number of Topliss-reactive ketones (excluding diaryl/α,β-unsaturated/α-hetero) is 1. The summed E-state index contributed by atoms with van der Waals surface area (Å²) in [6, 6.07) is -0.830. The Morgan fingerprint density at radius 1 is 1.59 bits per heavy atom. The quantitative estimate of drug-likeness (QED) is 0.438. The fourth-order valence-electron chi connectivity index (χ4n) is 1.73. The van der Waals surface area contributed by atoms with Crippen LogP contribution in [0.1, 0.15) is 6.92 Å². The molecule has 0 bridgehead atoms. The molecular weight excluding hydrogens is 317 g/mol. The first-order valence-corrected chi connectivity index (χ1v) is 7.64. The Morgan fingerprint density at radius 2 is 2.27 bits per heavy atom. The monoisotopic (exact) mass is 331 g/mol. The molecule has 4 N–H and O–H groups in total. The maximum atomic E-state index is 12.1. The normalized spacial score (nSPS) is 24.8. The number of amides is 1. The fourth-order valence-corrected chi connectivity index (χ4v) is 2.04. The number of phosphoric ester groups is 1. The average molecular weight is 331 g/mol. The number of aliphatic imine (C=N–C) groups is 1. The maximum absolute atomic E-state index is 12.1. The van der Waals surface area contributed by atoms with E-state index in [0.29, 0.717) is 0 Å². The Bertz CT molecular complexity index is 648. The lowest BCUT2D eigenvalue weighted by Gasteiger charge is -2.17. The van der Waals surface area contributed by atoms with Crippen LogP contribution >= 0.6 is 7.82 Å². The predicted molar refractivity (Wildman–Crippen MR) is 73.1 cm³/mol. The number of hydrogen-bond donors (Lipinski definition) is 3. The van der Waals surface area contributed by atoms with Gasteiger partial charge in [-0.1, -0.05) is 0 Å². The molecule has 11 heteroatoms. The van der Waals surface area contributed by atoms with Crippen LogP contribution in [-0.4, -0.2) is 51.5 Å². The molecule has 0 radical (unpaired) electrons. The molecule has 1 amide bonds. The minimum absolute atomic E-state index is 0.0107. The molecule has 2 rings (SSSR count). The van der Waals surface area contributed by atoms with E-state index in [1.807, 2.05) is 0 Å². The molecule has 2 heterocycles. The minimum Gasteiger partial charge on any atom is -0.318 e. The number of hydroxylamine groups is 2. The van der Waals surface area contributed by atoms with Crippen molar-refractivity contribution in [2.24, 2.45) is 10.7 Å². The highest BCUT2D eigenvalue weighted by atomic mass is 31.2. The van der Waals surface area contributed by atoms with Crippen LogP contribution in [0.2, 0.25) is 0 Å². The Hall–Kier alpha value is -1.68. The van der Waals surface area contributed by atoms with E-state index < -0.39 is 32.2 Å². The largest absolute Gasteiger partial charge is 0.469 e. The van der Waals surface area contributed by atoms with Gasteiger partial charge in [0.2, 0.25) is 5.78 Å². The zero-order valence-corrected chi connectivity index (χ0v) is 12.4. The zero-order chi connectivity index (χ0) is 16.5. The van der Waals surface area contributed by atoms with Crippen LogP contribution in [0.3, 0.4) is 0 Å². The SMILES string of the molecule is CC1=NC=C(COP(=O)(O)O)/C(=C/N2OC[C@@H](N)C2=O)C1=O. The number of ketones is 1. The topological polar surface area (TPSA) is 152 Å². The van der Waals surface area contributed by atoms with Crippen molar-refractivity contribution in [3.63, 3.8) is 0 Å². The summed E-state index contributed by atoms with van der Waals surface area (Å²) in [5, 5.41) is 0.821. The third kappa shape index (κ3) is 3.74. The Kier molecular flexibility index (Phi) is 4.71. The fraction of sp³-hybridized carbons (Fsp3) is 0.364. The van der Waals surface area contributed by atoms with Crippen molar-refractivity contribution in [2.75, 3.05) is 13.2 Å². The lowest BCUT2D eigenvalue weighted by Crippen LogP contribution is -2.33. The summed E-state index contributed by atoms with van der Waals surface area (Å²) >= 11 is 0. The molecule has 0 unspecified atom stereocenters. The van der Waals surface area contributed by atoms with E-state index in [0.717, 1.165) is 11.3 Å². The minimum atomic E-state index is -4.71. The van der Waals surface area contributed by atoms with E-state index in [1.54, 1.807) is 0 Å². The number of phosphoric acid groups is 1. The molecule has 0 aromatic carbocycles. The van der Waals surface area contributed by atoms with Crippen LogP contribution < -0.4 is 5.73 Å². The summed E-state index contributed by atoms with van der Waals surface area (Å²) in [4.78, 5) is 50.1. The second-order valence-electron chi connectivity index (χ2n) is 4.57. The smallest absolute Gasteiger partial charge is 0.318 e. The van der Waals surface area contributed by atoms with E-state index in [9.17, 15) is 14.2 Å². The second kappa shape index (κ2) is 6.21. The number of carbonyl (C=O) groups excluding carboxylic acids is 2. The molecule has 2 aliphatic heterocycles. The van der Waals surface area contributed by atoms with Gasteiger partial charge < -0.3 is 15.5 Å². The van der Waals surface area contributed by atoms with E-state index >= 15 is 0 Å². The standard InChI is InChI=1S/C11H14N3O7P/c1-6-10(15)8(3-14-11(16)9(12)5-20-14)7(2-13-6)4-21-22(17,18)19/h2-3,9H,4-5,12H2,1H3,(H2,17,18,19)/b8-3-/t9-/m1/s1. The first-order chi connectivity index (χ1) is 10.2. The molecule has 10 nitrogen and oxygen atoms in total. The van der Waals surface area contributed by atoms with E-state index in [1.165, 1.54) is 13.1 Å². The number of nitrogens with zero attached hydrogens (tertiary/aromatic N) is 2. The summed E-state index contributed by atoms with van der Waals surface area (Å²) < 4.78 is 15.1. The van der Waals surface area contributed by atoms with E-state index in [4.69, 9.17) is 20.4 Å². The highest BCUT2D eigenvalue weighted by Crippen LogP contribution is 2.37. The molecule has 1 saturated heterocycles. The van der Waals surface area contributed by atoms with Crippen molar-refractivity contribution >= 4 is 25.2 Å². The summed E-state index contributed by atoms with van der Waals surface area (Å²) in [6.07, 6.45) is 2.35. The molecule has 2 aliphatic rings. The van der Waals surface area contributed by atoms with Gasteiger partial charge in [-0.25, -0.2) is 4.57 Å². The Morgan fingerprint density at radius 3 is 2.82 bits per heavy atom.